The number of esters is 1. The van der Waals surface area contributed by atoms with Gasteiger partial charge in [-0.05, 0) is 39.8 Å². The van der Waals surface area contributed by atoms with E-state index in [1.165, 1.54) is 31.2 Å². The summed E-state index contributed by atoms with van der Waals surface area (Å²) in [6.45, 7) is 6.04. The zero-order valence-corrected chi connectivity index (χ0v) is 12.7. The molecular formula is C14H18N2O6. The van der Waals surface area contributed by atoms with Crippen molar-refractivity contribution in [1.29, 1.82) is 0 Å². The Hall–Kier alpha value is -2.64. The third-order valence-electron chi connectivity index (χ3n) is 2.71. The normalized spacial score (nSPS) is 13.8. The van der Waals surface area contributed by atoms with Crippen molar-refractivity contribution in [2.75, 3.05) is 5.32 Å². The Morgan fingerprint density at radius 2 is 1.68 bits per heavy atom. The quantitative estimate of drug-likeness (QED) is 0.370. The number of nitrogens with one attached hydrogen (secondary N) is 1. The average Bonchev–Trinajstić information content (AvgIpc) is 2.36. The molecule has 0 spiro atoms. The summed E-state index contributed by atoms with van der Waals surface area (Å²) in [5.74, 6) is -2.37. The number of anilines is 1. The van der Waals surface area contributed by atoms with Crippen molar-refractivity contribution in [2.45, 2.75) is 38.8 Å². The van der Waals surface area contributed by atoms with Gasteiger partial charge >= 0.3 is 11.9 Å². The molecule has 0 bridgehead atoms. The third-order valence-corrected chi connectivity index (χ3v) is 2.71. The van der Waals surface area contributed by atoms with Crippen LogP contribution in [0.4, 0.5) is 11.4 Å². The van der Waals surface area contributed by atoms with Gasteiger partial charge in [0.15, 0.2) is 0 Å². The van der Waals surface area contributed by atoms with Gasteiger partial charge in [-0.3, -0.25) is 10.1 Å². The molecule has 22 heavy (non-hydrogen) atoms. The number of nitrogens with zero attached hydrogens (tertiary/aromatic N) is 1. The number of non-ortho nitro benzene ring substituents is 1. The standard InChI is InChI=1S/C14H18N2O6/c1-13(2,3)22-12(19)14(4,11(17)18)15-9-5-7-10(8-6-9)16(20)21/h5-8,15H,1-4H3,(H,17,18)/t14-/m0/s1. The molecule has 1 rings (SSSR count). The molecule has 0 radical (unpaired) electrons. The summed E-state index contributed by atoms with van der Waals surface area (Å²) in [6, 6.07) is 5.06. The van der Waals surface area contributed by atoms with Crippen LogP contribution < -0.4 is 5.32 Å². The van der Waals surface area contributed by atoms with E-state index >= 15 is 0 Å². The fraction of sp³-hybridized carbons (Fsp3) is 0.429. The van der Waals surface area contributed by atoms with Crippen LogP contribution in [0.15, 0.2) is 24.3 Å². The SMILES string of the molecule is CC(C)(C)OC(=O)[C@@](C)(Nc1ccc([N+](=O)[O-])cc1)C(=O)O. The number of benzene rings is 1. The molecule has 0 aliphatic rings. The Balaban J connectivity index is 3.03. The summed E-state index contributed by atoms with van der Waals surface area (Å²) < 4.78 is 5.11. The van der Waals surface area contributed by atoms with Crippen molar-refractivity contribution < 1.29 is 24.4 Å². The number of carboxylic acids is 1. The van der Waals surface area contributed by atoms with Crippen molar-refractivity contribution in [3.63, 3.8) is 0 Å². The Morgan fingerprint density at radius 3 is 2.05 bits per heavy atom. The van der Waals surface area contributed by atoms with Gasteiger partial charge < -0.3 is 15.2 Å². The Morgan fingerprint density at radius 1 is 1.18 bits per heavy atom. The highest BCUT2D eigenvalue weighted by molar-refractivity contribution is 6.06. The van der Waals surface area contributed by atoms with E-state index in [4.69, 9.17) is 4.74 Å². The monoisotopic (exact) mass is 310 g/mol. The van der Waals surface area contributed by atoms with E-state index in [1.54, 1.807) is 20.8 Å². The predicted molar refractivity (Wildman–Crippen MR) is 78.6 cm³/mol. The van der Waals surface area contributed by atoms with Gasteiger partial charge in [-0.2, -0.15) is 0 Å². The Labute approximate surface area is 127 Å². The van der Waals surface area contributed by atoms with E-state index < -0.39 is 28.0 Å². The molecule has 0 aliphatic heterocycles. The largest absolute Gasteiger partial charge is 0.479 e. The lowest BCUT2D eigenvalue weighted by atomic mass is 10.0. The van der Waals surface area contributed by atoms with Crippen LogP contribution in [0.1, 0.15) is 27.7 Å². The molecule has 120 valence electrons. The summed E-state index contributed by atoms with van der Waals surface area (Å²) in [5.41, 5.74) is -2.74. The minimum absolute atomic E-state index is 0.139. The van der Waals surface area contributed by atoms with Gasteiger partial charge in [0, 0.05) is 17.8 Å². The summed E-state index contributed by atoms with van der Waals surface area (Å²) in [4.78, 5) is 33.6. The first kappa shape index (κ1) is 17.4. The maximum atomic E-state index is 12.1. The topological polar surface area (TPSA) is 119 Å². The first-order valence-corrected chi connectivity index (χ1v) is 6.45. The van der Waals surface area contributed by atoms with Crippen molar-refractivity contribution in [3.8, 4) is 0 Å². The van der Waals surface area contributed by atoms with E-state index in [-0.39, 0.29) is 11.4 Å². The molecule has 0 saturated carbocycles. The van der Waals surface area contributed by atoms with Gasteiger partial charge in [0.05, 0.1) is 4.92 Å². The van der Waals surface area contributed by atoms with Crippen LogP contribution in [0.5, 0.6) is 0 Å². The van der Waals surface area contributed by atoms with Gasteiger partial charge in [0.1, 0.15) is 5.60 Å². The lowest BCUT2D eigenvalue weighted by Crippen LogP contribution is -2.53. The number of carbonyl (C=O) groups excluding carboxylic acids is 1. The number of nitro groups is 1. The molecule has 0 fully saturated rings. The second-order valence-electron chi connectivity index (χ2n) is 5.86. The van der Waals surface area contributed by atoms with Crippen LogP contribution in [0, 0.1) is 10.1 Å². The molecule has 1 aromatic carbocycles. The molecular weight excluding hydrogens is 292 g/mol. The van der Waals surface area contributed by atoms with Crippen LogP contribution in [-0.2, 0) is 14.3 Å². The number of hydrogen-bond donors (Lipinski definition) is 2. The molecule has 2 N–H and O–H groups in total. The van der Waals surface area contributed by atoms with E-state index in [1.807, 2.05) is 0 Å². The highest BCUT2D eigenvalue weighted by Crippen LogP contribution is 2.22. The van der Waals surface area contributed by atoms with Crippen molar-refractivity contribution in [3.05, 3.63) is 34.4 Å². The van der Waals surface area contributed by atoms with E-state index in [0.717, 1.165) is 0 Å². The minimum atomic E-state index is -2.01. The van der Waals surface area contributed by atoms with Crippen molar-refractivity contribution >= 4 is 23.3 Å². The zero-order valence-electron chi connectivity index (χ0n) is 12.7. The third kappa shape index (κ3) is 4.18. The van der Waals surface area contributed by atoms with Gasteiger partial charge in [-0.15, -0.1) is 0 Å². The van der Waals surface area contributed by atoms with Crippen LogP contribution in [0.25, 0.3) is 0 Å². The number of aliphatic carboxylic acids is 1. The number of carboxylic acid groups (broad SMARTS) is 1. The number of carbonyl (C=O) groups is 2. The number of rotatable bonds is 5. The predicted octanol–water partition coefficient (Wildman–Crippen LogP) is 2.19. The lowest BCUT2D eigenvalue weighted by Gasteiger charge is -2.29. The molecule has 0 heterocycles. The number of ether oxygens (including phenoxy) is 1. The highest BCUT2D eigenvalue weighted by atomic mass is 16.6. The van der Waals surface area contributed by atoms with Crippen LogP contribution in [0.2, 0.25) is 0 Å². The molecule has 0 aromatic heterocycles. The smallest absolute Gasteiger partial charge is 0.343 e. The van der Waals surface area contributed by atoms with E-state index in [2.05, 4.69) is 5.32 Å². The van der Waals surface area contributed by atoms with Gasteiger partial charge in [0.2, 0.25) is 5.54 Å². The Kier molecular flexibility index (Phi) is 4.75. The highest BCUT2D eigenvalue weighted by Gasteiger charge is 2.44. The number of hydrogen-bond acceptors (Lipinski definition) is 6. The second kappa shape index (κ2) is 6.00. The maximum absolute atomic E-state index is 12.1. The average molecular weight is 310 g/mol. The summed E-state index contributed by atoms with van der Waals surface area (Å²) in [5, 5.41) is 22.5. The van der Waals surface area contributed by atoms with Gasteiger partial charge in [-0.1, -0.05) is 0 Å². The molecule has 0 saturated heterocycles. The van der Waals surface area contributed by atoms with Crippen molar-refractivity contribution in [1.82, 2.24) is 0 Å². The van der Waals surface area contributed by atoms with Crippen LogP contribution >= 0.6 is 0 Å². The van der Waals surface area contributed by atoms with Crippen LogP contribution in [0.3, 0.4) is 0 Å². The summed E-state index contributed by atoms with van der Waals surface area (Å²) in [6.07, 6.45) is 0. The molecule has 1 atom stereocenters. The fourth-order valence-corrected chi connectivity index (χ4v) is 1.53. The fourth-order valence-electron chi connectivity index (χ4n) is 1.53. The summed E-state index contributed by atoms with van der Waals surface area (Å²) >= 11 is 0. The molecule has 0 aliphatic carbocycles. The first-order valence-electron chi connectivity index (χ1n) is 6.45. The van der Waals surface area contributed by atoms with Crippen LogP contribution in [-0.4, -0.2) is 33.1 Å². The van der Waals surface area contributed by atoms with E-state index in [0.29, 0.717) is 0 Å². The summed E-state index contributed by atoms with van der Waals surface area (Å²) in [7, 11) is 0. The molecule has 8 heteroatoms. The number of nitro benzene ring substituents is 1. The Bertz CT molecular complexity index is 590. The second-order valence-corrected chi connectivity index (χ2v) is 5.86. The molecule has 8 nitrogen and oxygen atoms in total. The molecule has 0 amide bonds. The maximum Gasteiger partial charge on any atom is 0.343 e. The molecule has 1 aromatic rings. The zero-order chi connectivity index (χ0) is 17.1. The van der Waals surface area contributed by atoms with Crippen molar-refractivity contribution in [2.24, 2.45) is 0 Å². The lowest BCUT2D eigenvalue weighted by molar-refractivity contribution is -0.384. The van der Waals surface area contributed by atoms with Gasteiger partial charge in [-0.25, -0.2) is 9.59 Å². The van der Waals surface area contributed by atoms with E-state index in [9.17, 15) is 24.8 Å². The van der Waals surface area contributed by atoms with Gasteiger partial charge in [0.25, 0.3) is 5.69 Å². The molecule has 0 unspecified atom stereocenters. The first-order chi connectivity index (χ1) is 9.95. The minimum Gasteiger partial charge on any atom is -0.479 e.